The molecule has 0 aromatic heterocycles. The molecule has 1 aromatic carbocycles. The van der Waals surface area contributed by atoms with E-state index in [-0.39, 0.29) is 0 Å². The van der Waals surface area contributed by atoms with E-state index < -0.39 is 0 Å². The Labute approximate surface area is 101 Å². The summed E-state index contributed by atoms with van der Waals surface area (Å²) in [7, 11) is 0. The number of hydrogen-bond acceptors (Lipinski definition) is 3. The summed E-state index contributed by atoms with van der Waals surface area (Å²) in [6.45, 7) is 4.08. The van der Waals surface area contributed by atoms with Gasteiger partial charge in [-0.3, -0.25) is 4.90 Å². The Morgan fingerprint density at radius 3 is 2.59 bits per heavy atom. The molecule has 5 nitrogen and oxygen atoms in total. The van der Waals surface area contributed by atoms with Gasteiger partial charge in [-0.25, -0.2) is 0 Å². The Hall–Kier alpha value is -1.71. The van der Waals surface area contributed by atoms with E-state index in [1.165, 1.54) is 25.9 Å². The van der Waals surface area contributed by atoms with Gasteiger partial charge in [-0.15, -0.1) is 0 Å². The first kappa shape index (κ1) is 11.8. The minimum atomic E-state index is 0.611. The highest BCUT2D eigenvalue weighted by Crippen LogP contribution is 2.18. The van der Waals surface area contributed by atoms with Crippen molar-refractivity contribution in [1.82, 2.24) is 4.90 Å². The monoisotopic (exact) mass is 232 g/mol. The molecule has 0 spiro atoms. The maximum atomic E-state index is 8.27. The fraction of sp³-hybridized carbons (Fsp3) is 0.500. The molecule has 0 N–H and O–H groups in total. The lowest BCUT2D eigenvalue weighted by Gasteiger charge is -2.14. The lowest BCUT2D eigenvalue weighted by atomic mass is 10.3. The van der Waals surface area contributed by atoms with E-state index in [0.29, 0.717) is 12.3 Å². The van der Waals surface area contributed by atoms with Crippen LogP contribution in [0.1, 0.15) is 12.8 Å². The standard InChI is InChI=1S/C12H16N4O/c13-15-14-11-3-5-12(6-4-11)17-10-9-16-7-1-2-8-16/h3-6H,1-2,7-10H2. The highest BCUT2D eigenvalue weighted by Gasteiger charge is 2.10. The highest BCUT2D eigenvalue weighted by molar-refractivity contribution is 5.40. The number of hydrogen-bond donors (Lipinski definition) is 0. The SMILES string of the molecule is [N-]=[N+]=Nc1ccc(OCCN2CCCC2)cc1. The van der Waals surface area contributed by atoms with Crippen LogP contribution in [0.5, 0.6) is 5.75 Å². The number of benzene rings is 1. The quantitative estimate of drug-likeness (QED) is 0.445. The van der Waals surface area contributed by atoms with Gasteiger partial charge in [0.15, 0.2) is 0 Å². The zero-order valence-electron chi connectivity index (χ0n) is 9.75. The first-order valence-corrected chi connectivity index (χ1v) is 5.89. The van der Waals surface area contributed by atoms with Gasteiger partial charge in [0.05, 0.1) is 0 Å². The Balaban J connectivity index is 1.76. The van der Waals surface area contributed by atoms with Gasteiger partial charge in [-0.2, -0.15) is 0 Å². The molecule has 0 saturated carbocycles. The molecular formula is C12H16N4O. The molecule has 17 heavy (non-hydrogen) atoms. The van der Waals surface area contributed by atoms with Crippen LogP contribution in [0, 0.1) is 0 Å². The Kier molecular flexibility index (Phi) is 4.24. The summed E-state index contributed by atoms with van der Waals surface area (Å²) in [6.07, 6.45) is 2.61. The maximum Gasteiger partial charge on any atom is 0.119 e. The second-order valence-corrected chi connectivity index (χ2v) is 4.08. The lowest BCUT2D eigenvalue weighted by Crippen LogP contribution is -2.25. The fourth-order valence-electron chi connectivity index (χ4n) is 1.96. The van der Waals surface area contributed by atoms with Crippen molar-refractivity contribution in [1.29, 1.82) is 0 Å². The van der Waals surface area contributed by atoms with Crippen LogP contribution in [0.15, 0.2) is 29.4 Å². The molecule has 1 saturated heterocycles. The van der Waals surface area contributed by atoms with E-state index >= 15 is 0 Å². The molecular weight excluding hydrogens is 216 g/mol. The fourth-order valence-corrected chi connectivity index (χ4v) is 1.96. The van der Waals surface area contributed by atoms with Crippen LogP contribution in [0.2, 0.25) is 0 Å². The van der Waals surface area contributed by atoms with Crippen molar-refractivity contribution < 1.29 is 4.74 Å². The normalized spacial score (nSPS) is 15.5. The summed E-state index contributed by atoms with van der Waals surface area (Å²) in [5.74, 6) is 0.820. The van der Waals surface area contributed by atoms with Crippen molar-refractivity contribution in [2.75, 3.05) is 26.2 Å². The van der Waals surface area contributed by atoms with Crippen molar-refractivity contribution in [2.24, 2.45) is 5.11 Å². The van der Waals surface area contributed by atoms with E-state index in [9.17, 15) is 0 Å². The van der Waals surface area contributed by atoms with Crippen LogP contribution in [-0.2, 0) is 0 Å². The Morgan fingerprint density at radius 2 is 1.94 bits per heavy atom. The zero-order valence-corrected chi connectivity index (χ0v) is 9.75. The summed E-state index contributed by atoms with van der Waals surface area (Å²) >= 11 is 0. The molecule has 2 rings (SSSR count). The summed E-state index contributed by atoms with van der Waals surface area (Å²) in [5, 5.41) is 3.51. The predicted molar refractivity (Wildman–Crippen MR) is 66.4 cm³/mol. The third-order valence-electron chi connectivity index (χ3n) is 2.87. The number of likely N-dealkylation sites (tertiary alicyclic amines) is 1. The van der Waals surface area contributed by atoms with E-state index in [2.05, 4.69) is 14.9 Å². The van der Waals surface area contributed by atoms with Crippen LogP contribution in [0.3, 0.4) is 0 Å². The molecule has 5 heteroatoms. The van der Waals surface area contributed by atoms with Crippen LogP contribution >= 0.6 is 0 Å². The molecule has 0 unspecified atom stereocenters. The maximum absolute atomic E-state index is 8.27. The second kappa shape index (κ2) is 6.13. The molecule has 1 aliphatic heterocycles. The molecule has 1 aromatic rings. The van der Waals surface area contributed by atoms with Crippen molar-refractivity contribution >= 4 is 5.69 Å². The van der Waals surface area contributed by atoms with E-state index in [1.54, 1.807) is 12.1 Å². The number of nitrogens with zero attached hydrogens (tertiary/aromatic N) is 4. The van der Waals surface area contributed by atoms with Gasteiger partial charge >= 0.3 is 0 Å². The van der Waals surface area contributed by atoms with Crippen molar-refractivity contribution in [3.63, 3.8) is 0 Å². The van der Waals surface area contributed by atoms with Gasteiger partial charge in [0, 0.05) is 17.1 Å². The summed E-state index contributed by atoms with van der Waals surface area (Å²) in [4.78, 5) is 5.14. The van der Waals surface area contributed by atoms with Gasteiger partial charge in [-0.05, 0) is 55.7 Å². The zero-order chi connectivity index (χ0) is 11.9. The summed E-state index contributed by atoms with van der Waals surface area (Å²) < 4.78 is 5.62. The molecule has 0 atom stereocenters. The number of ether oxygens (including phenoxy) is 1. The predicted octanol–water partition coefficient (Wildman–Crippen LogP) is 3.10. The Morgan fingerprint density at radius 1 is 1.24 bits per heavy atom. The van der Waals surface area contributed by atoms with Gasteiger partial charge < -0.3 is 4.74 Å². The van der Waals surface area contributed by atoms with Gasteiger partial charge in [-0.1, -0.05) is 5.11 Å². The van der Waals surface area contributed by atoms with Crippen LogP contribution < -0.4 is 4.74 Å². The first-order chi connectivity index (χ1) is 8.38. The van der Waals surface area contributed by atoms with E-state index in [0.717, 1.165) is 12.3 Å². The molecule has 1 heterocycles. The minimum Gasteiger partial charge on any atom is -0.492 e. The van der Waals surface area contributed by atoms with E-state index in [1.807, 2.05) is 12.1 Å². The van der Waals surface area contributed by atoms with Crippen LogP contribution in [0.25, 0.3) is 10.4 Å². The lowest BCUT2D eigenvalue weighted by molar-refractivity contribution is 0.238. The van der Waals surface area contributed by atoms with Crippen LogP contribution in [-0.4, -0.2) is 31.1 Å². The molecule has 1 aliphatic rings. The van der Waals surface area contributed by atoms with Gasteiger partial charge in [0.25, 0.3) is 0 Å². The smallest absolute Gasteiger partial charge is 0.119 e. The molecule has 0 amide bonds. The average molecular weight is 232 g/mol. The number of rotatable bonds is 5. The molecule has 1 fully saturated rings. The second-order valence-electron chi connectivity index (χ2n) is 4.08. The van der Waals surface area contributed by atoms with Crippen molar-refractivity contribution in [2.45, 2.75) is 12.8 Å². The Bertz CT molecular complexity index is 391. The number of azide groups is 1. The van der Waals surface area contributed by atoms with Crippen molar-refractivity contribution in [3.05, 3.63) is 34.7 Å². The molecule has 0 bridgehead atoms. The average Bonchev–Trinajstić information content (AvgIpc) is 2.85. The first-order valence-electron chi connectivity index (χ1n) is 5.89. The third kappa shape index (κ3) is 3.66. The van der Waals surface area contributed by atoms with Gasteiger partial charge in [0.1, 0.15) is 12.4 Å². The van der Waals surface area contributed by atoms with Crippen LogP contribution in [0.4, 0.5) is 5.69 Å². The molecule has 90 valence electrons. The third-order valence-corrected chi connectivity index (χ3v) is 2.87. The highest BCUT2D eigenvalue weighted by atomic mass is 16.5. The minimum absolute atomic E-state index is 0.611. The summed E-state index contributed by atoms with van der Waals surface area (Å²) in [5.41, 5.74) is 8.88. The topological polar surface area (TPSA) is 61.2 Å². The summed E-state index contributed by atoms with van der Waals surface area (Å²) in [6, 6.07) is 7.16. The largest absolute Gasteiger partial charge is 0.492 e. The molecule has 0 radical (unpaired) electrons. The molecule has 0 aliphatic carbocycles. The van der Waals surface area contributed by atoms with Gasteiger partial charge in [0.2, 0.25) is 0 Å². The van der Waals surface area contributed by atoms with E-state index in [4.69, 9.17) is 10.3 Å². The van der Waals surface area contributed by atoms with Crippen molar-refractivity contribution in [3.8, 4) is 5.75 Å².